The van der Waals surface area contributed by atoms with Gasteiger partial charge in [0.2, 0.25) is 0 Å². The smallest absolute Gasteiger partial charge is 0.464 e. The molecule has 6 N–H and O–H groups in total. The third-order valence-corrected chi connectivity index (χ3v) is 9.70. The largest absolute Gasteiger partial charge is 0.492 e. The lowest BCUT2D eigenvalue weighted by molar-refractivity contribution is -0.149. The maximum Gasteiger partial charge on any atom is 0.492 e. The normalized spacial score (nSPS) is 18.7. The van der Waals surface area contributed by atoms with Gasteiger partial charge in [-0.3, -0.25) is 4.79 Å². The van der Waals surface area contributed by atoms with Crippen molar-refractivity contribution in [3.05, 3.63) is 53.1 Å². The third kappa shape index (κ3) is 30.0. The summed E-state index contributed by atoms with van der Waals surface area (Å²) in [6.07, 6.45) is 1.38. The average molecular weight is 975 g/mol. The minimum atomic E-state index is -1.03. The lowest BCUT2D eigenvalue weighted by Gasteiger charge is -2.23. The number of hydrogen-bond acceptors (Lipinski definition) is 16. The fourth-order valence-corrected chi connectivity index (χ4v) is 5.77. The summed E-state index contributed by atoms with van der Waals surface area (Å²) in [4.78, 5) is 25.5. The van der Waals surface area contributed by atoms with Crippen molar-refractivity contribution >= 4 is 47.7 Å². The molecule has 0 spiro atoms. The number of carbonyl (C=O) groups excluding carboxylic acids is 2. The van der Waals surface area contributed by atoms with Gasteiger partial charge in [0.1, 0.15) is 6.04 Å². The molecule has 65 heavy (non-hydrogen) atoms. The van der Waals surface area contributed by atoms with E-state index in [9.17, 15) is 14.6 Å². The maximum atomic E-state index is 12.9. The number of ether oxygens (including phenoxy) is 8. The number of nitrogens with one attached hydrogen (secondary N) is 1. The van der Waals surface area contributed by atoms with Crippen LogP contribution in [-0.2, 0) is 54.0 Å². The van der Waals surface area contributed by atoms with Crippen molar-refractivity contribution < 1.29 is 77.6 Å². The molecule has 1 aromatic carbocycles. The van der Waals surface area contributed by atoms with Gasteiger partial charge in [-0.1, -0.05) is 55.4 Å². The molecule has 1 amide bonds. The molecule has 5 aliphatic heterocycles. The Kier molecular flexibility index (Phi) is 43.2. The van der Waals surface area contributed by atoms with Crippen molar-refractivity contribution in [2.45, 2.75) is 74.8 Å². The van der Waals surface area contributed by atoms with Crippen LogP contribution >= 0.6 is 23.2 Å². The average Bonchev–Trinajstić information content (AvgIpc) is 3.57. The number of esters is 1. The first-order valence-electron chi connectivity index (χ1n) is 20.8. The first-order chi connectivity index (χ1) is 29.8. The SMILES string of the molecule is C.C.C.C=C(CCl)CCl.C=C1COCCOC1.Cc1c(C(=O)N[C@H](C(=O)OCC2COCCOC2)C(C)C)ccc2c1B(O)OC2.OC1CCCO1.OCC1COCCOC1.OCCO. The van der Waals surface area contributed by atoms with Crippen molar-refractivity contribution in [3.8, 4) is 0 Å². The third-order valence-electron chi connectivity index (χ3n) is 8.95. The summed E-state index contributed by atoms with van der Waals surface area (Å²) in [7, 11) is -1.03. The molecule has 17 nitrogen and oxygen atoms in total. The highest BCUT2D eigenvalue weighted by Gasteiger charge is 2.33. The van der Waals surface area contributed by atoms with Gasteiger partial charge >= 0.3 is 13.1 Å². The highest BCUT2D eigenvalue weighted by molar-refractivity contribution is 6.62. The number of fused-ring (bicyclic) bond motifs is 1. The molecule has 6 rings (SSSR count). The molecule has 5 heterocycles. The van der Waals surface area contributed by atoms with Crippen LogP contribution in [0.2, 0.25) is 0 Å². The van der Waals surface area contributed by atoms with E-state index in [1.165, 1.54) is 0 Å². The van der Waals surface area contributed by atoms with Crippen molar-refractivity contribution in [3.63, 3.8) is 0 Å². The molecule has 0 saturated carbocycles. The van der Waals surface area contributed by atoms with Crippen LogP contribution in [-0.4, -0.2) is 181 Å². The minimum absolute atomic E-state index is 0. The molecule has 1 aromatic rings. The number of hydrogen-bond donors (Lipinski definition) is 6. The van der Waals surface area contributed by atoms with E-state index in [2.05, 4.69) is 18.5 Å². The molecule has 0 aliphatic carbocycles. The molecule has 4 saturated heterocycles. The number of aliphatic hydroxyl groups excluding tert-OH is 4. The minimum Gasteiger partial charge on any atom is -0.464 e. The number of amides is 1. The standard InChI is InChI=1S/C20H28BNO7.C6H12O3.C6H10O2.C4H6Cl2.C4H8O2.C2H6O2.3CH4/c1-12(2)18(20(24)28-10-14-8-26-6-7-27-9-14)22-19(23)16-5-4-15-11-29-21(25)17(15)13(16)3;7-3-6-4-8-1-2-9-5-6;1-6-4-7-2-3-8-5-6;1-4(2-5)3-6;5-4-2-1-3-6-4;3-1-2-4;;;/h4-5,12,14,18,25H,6-11H2,1-3H3,(H,22,23);6-7H,1-5H2;1-5H2;1-3H2;4-5H,1-3H2;3-4H,1-2H2;3*1H4/t18-;;;;;;;;/m0......../s1. The molecule has 5 aliphatic rings. The Balaban J connectivity index is -0.000000867. The van der Waals surface area contributed by atoms with E-state index in [0.29, 0.717) is 114 Å². The molecular weight excluding hydrogens is 892 g/mol. The summed E-state index contributed by atoms with van der Waals surface area (Å²) in [6, 6.07) is 2.67. The van der Waals surface area contributed by atoms with Crippen LogP contribution in [0.5, 0.6) is 0 Å². The maximum absolute atomic E-state index is 12.9. The summed E-state index contributed by atoms with van der Waals surface area (Å²) >= 11 is 10.5. The summed E-state index contributed by atoms with van der Waals surface area (Å²) in [5.41, 5.74) is 4.43. The second kappa shape index (κ2) is 41.9. The van der Waals surface area contributed by atoms with E-state index in [1.54, 1.807) is 19.1 Å². The molecule has 0 aromatic heterocycles. The molecule has 4 fully saturated rings. The van der Waals surface area contributed by atoms with Gasteiger partial charge < -0.3 is 73.3 Å². The number of alkyl halides is 2. The second-order valence-electron chi connectivity index (χ2n) is 14.8. The lowest BCUT2D eigenvalue weighted by atomic mass is 9.75. The van der Waals surface area contributed by atoms with Gasteiger partial charge in [-0.05, 0) is 53.1 Å². The Morgan fingerprint density at radius 2 is 1.34 bits per heavy atom. The van der Waals surface area contributed by atoms with Crippen LogP contribution in [0.1, 0.15) is 70.5 Å². The van der Waals surface area contributed by atoms with Crippen LogP contribution in [0, 0.1) is 24.7 Å². The van der Waals surface area contributed by atoms with Gasteiger partial charge in [-0.25, -0.2) is 4.79 Å². The van der Waals surface area contributed by atoms with Gasteiger partial charge in [0.05, 0.1) is 112 Å². The second-order valence-corrected chi connectivity index (χ2v) is 15.3. The first kappa shape index (κ1) is 67.0. The number of benzene rings is 1. The zero-order chi connectivity index (χ0) is 46.1. The fourth-order valence-electron chi connectivity index (χ4n) is 5.48. The van der Waals surface area contributed by atoms with Crippen molar-refractivity contribution in [1.29, 1.82) is 0 Å². The zero-order valence-corrected chi connectivity index (χ0v) is 38.1. The fraction of sp³-hybridized carbons (Fsp3) is 0.733. The topological polar surface area (TPSA) is 230 Å². The van der Waals surface area contributed by atoms with E-state index in [-0.39, 0.29) is 72.4 Å². The summed E-state index contributed by atoms with van der Waals surface area (Å²) < 4.78 is 46.6. The molecule has 380 valence electrons. The highest BCUT2D eigenvalue weighted by Crippen LogP contribution is 2.17. The van der Waals surface area contributed by atoms with Gasteiger partial charge in [0, 0.05) is 42.2 Å². The Bertz CT molecular complexity index is 1360. The zero-order valence-electron chi connectivity index (χ0n) is 36.6. The summed E-state index contributed by atoms with van der Waals surface area (Å²) in [6.45, 7) is 21.2. The molecule has 0 bridgehead atoms. The van der Waals surface area contributed by atoms with E-state index < -0.39 is 25.4 Å². The molecule has 1 unspecified atom stereocenters. The number of halogens is 2. The number of carbonyl (C=O) groups is 2. The van der Waals surface area contributed by atoms with E-state index >= 15 is 0 Å². The van der Waals surface area contributed by atoms with Crippen LogP contribution < -0.4 is 10.8 Å². The van der Waals surface area contributed by atoms with Gasteiger partial charge in [0.15, 0.2) is 6.29 Å². The Labute approximate surface area is 399 Å². The van der Waals surface area contributed by atoms with E-state index in [4.69, 9.17) is 86.2 Å². The Hall–Kier alpha value is -2.24. The molecule has 0 radical (unpaired) electrons. The lowest BCUT2D eigenvalue weighted by Crippen LogP contribution is -2.46. The highest BCUT2D eigenvalue weighted by atomic mass is 35.5. The van der Waals surface area contributed by atoms with Crippen LogP contribution in [0.4, 0.5) is 0 Å². The predicted molar refractivity (Wildman–Crippen MR) is 255 cm³/mol. The van der Waals surface area contributed by atoms with E-state index in [0.717, 1.165) is 36.2 Å². The van der Waals surface area contributed by atoms with Crippen molar-refractivity contribution in [2.75, 3.05) is 124 Å². The summed E-state index contributed by atoms with van der Waals surface area (Å²) in [5, 5.41) is 45.2. The van der Waals surface area contributed by atoms with Crippen LogP contribution in [0.3, 0.4) is 0 Å². The number of aliphatic hydroxyl groups is 4. The monoisotopic (exact) mass is 974 g/mol. The molecule has 2 atom stereocenters. The van der Waals surface area contributed by atoms with Crippen molar-refractivity contribution in [2.24, 2.45) is 17.8 Å². The van der Waals surface area contributed by atoms with Gasteiger partial charge in [-0.2, -0.15) is 0 Å². The Morgan fingerprint density at radius 1 is 0.831 bits per heavy atom. The van der Waals surface area contributed by atoms with Gasteiger partial charge in [0.25, 0.3) is 5.91 Å². The molecular formula is C45H82BCl2NO16. The van der Waals surface area contributed by atoms with Crippen LogP contribution in [0.25, 0.3) is 0 Å². The number of allylic oxidation sites excluding steroid dienone is 1. The quantitative estimate of drug-likeness (QED) is 0.0854. The van der Waals surface area contributed by atoms with Crippen molar-refractivity contribution in [1.82, 2.24) is 5.32 Å². The predicted octanol–water partition coefficient (Wildman–Crippen LogP) is 3.42. The Morgan fingerprint density at radius 3 is 1.74 bits per heavy atom. The number of rotatable bonds is 10. The first-order valence-corrected chi connectivity index (χ1v) is 21.8. The van der Waals surface area contributed by atoms with Gasteiger partial charge in [-0.15, -0.1) is 23.2 Å². The summed E-state index contributed by atoms with van der Waals surface area (Å²) in [5.74, 6) is 0.0862. The van der Waals surface area contributed by atoms with E-state index in [1.807, 2.05) is 13.8 Å². The molecule has 20 heteroatoms. The van der Waals surface area contributed by atoms with Crippen LogP contribution in [0.15, 0.2) is 36.4 Å².